The Labute approximate surface area is 275 Å². The van der Waals surface area contributed by atoms with Crippen LogP contribution in [0.4, 0.5) is 4.79 Å². The summed E-state index contributed by atoms with van der Waals surface area (Å²) in [5.41, 5.74) is 2.90. The lowest BCUT2D eigenvalue weighted by Crippen LogP contribution is -2.60. The standard InChI is InChI=1S/C38H40N2O7/c1-24-17-19-29(20-18-24)36(46-35(43)28-13-10-9-11-14-28)47-37(44)39(34(42)31-15-12-16-32(45-8)27(31)4)40(38(5,6)7)33(41)30-22-25(2)21-26(3)23-30/h9-23,36H,1-8H3. The minimum absolute atomic E-state index is 0.108. The number of rotatable bonds is 7. The highest BCUT2D eigenvalue weighted by Gasteiger charge is 2.43. The Bertz CT molecular complexity index is 1760. The van der Waals surface area contributed by atoms with E-state index in [1.54, 1.807) is 107 Å². The minimum Gasteiger partial charge on any atom is -0.496 e. The van der Waals surface area contributed by atoms with E-state index in [0.29, 0.717) is 21.9 Å². The highest BCUT2D eigenvalue weighted by atomic mass is 16.7. The average Bonchev–Trinajstić information content (AvgIpc) is 3.02. The van der Waals surface area contributed by atoms with Crippen LogP contribution in [-0.4, -0.2) is 46.5 Å². The summed E-state index contributed by atoms with van der Waals surface area (Å²) in [6.45, 7) is 12.4. The van der Waals surface area contributed by atoms with Gasteiger partial charge in [-0.25, -0.2) is 14.6 Å². The number of imide groups is 1. The van der Waals surface area contributed by atoms with Crippen molar-refractivity contribution in [3.8, 4) is 5.75 Å². The molecule has 0 saturated carbocycles. The van der Waals surface area contributed by atoms with Crippen molar-refractivity contribution in [1.82, 2.24) is 10.0 Å². The Morgan fingerprint density at radius 3 is 1.85 bits per heavy atom. The molecule has 0 saturated heterocycles. The number of esters is 1. The molecule has 0 spiro atoms. The number of methoxy groups -OCH3 is 1. The van der Waals surface area contributed by atoms with Crippen molar-refractivity contribution in [2.45, 2.75) is 60.3 Å². The molecule has 0 aliphatic rings. The van der Waals surface area contributed by atoms with Gasteiger partial charge in [0, 0.05) is 22.3 Å². The van der Waals surface area contributed by atoms with Crippen LogP contribution in [0.1, 0.15) is 86.0 Å². The molecule has 4 aromatic carbocycles. The molecule has 0 aliphatic carbocycles. The lowest BCUT2D eigenvalue weighted by molar-refractivity contribution is -0.102. The van der Waals surface area contributed by atoms with Crippen LogP contribution in [0.25, 0.3) is 0 Å². The van der Waals surface area contributed by atoms with Gasteiger partial charge in [0.05, 0.1) is 18.2 Å². The number of carbonyl (C=O) groups excluding carboxylic acids is 4. The number of hydrogen-bond acceptors (Lipinski definition) is 7. The Morgan fingerprint density at radius 2 is 1.28 bits per heavy atom. The Hall–Kier alpha value is -5.44. The molecule has 3 amide bonds. The summed E-state index contributed by atoms with van der Waals surface area (Å²) in [6.07, 6.45) is -2.79. The van der Waals surface area contributed by atoms with E-state index in [4.69, 9.17) is 14.2 Å². The molecule has 9 heteroatoms. The van der Waals surface area contributed by atoms with Gasteiger partial charge in [-0.05, 0) is 84.9 Å². The van der Waals surface area contributed by atoms with Gasteiger partial charge in [0.2, 0.25) is 0 Å². The number of ether oxygens (including phenoxy) is 3. The Morgan fingerprint density at radius 1 is 0.660 bits per heavy atom. The zero-order valence-corrected chi connectivity index (χ0v) is 28.0. The average molecular weight is 637 g/mol. The number of nitrogens with zero attached hydrogens (tertiary/aromatic N) is 2. The summed E-state index contributed by atoms with van der Waals surface area (Å²) in [5.74, 6) is -1.77. The van der Waals surface area contributed by atoms with Gasteiger partial charge in [-0.2, -0.15) is 0 Å². The van der Waals surface area contributed by atoms with Gasteiger partial charge in [0.1, 0.15) is 5.75 Å². The molecule has 4 rings (SSSR count). The van der Waals surface area contributed by atoms with Crippen molar-refractivity contribution in [2.75, 3.05) is 7.11 Å². The van der Waals surface area contributed by atoms with Crippen molar-refractivity contribution >= 4 is 23.9 Å². The van der Waals surface area contributed by atoms with Crippen molar-refractivity contribution in [3.63, 3.8) is 0 Å². The van der Waals surface area contributed by atoms with Crippen molar-refractivity contribution in [3.05, 3.63) is 136 Å². The summed E-state index contributed by atoms with van der Waals surface area (Å²) >= 11 is 0. The van der Waals surface area contributed by atoms with E-state index in [-0.39, 0.29) is 16.7 Å². The summed E-state index contributed by atoms with van der Waals surface area (Å²) in [6, 6.07) is 25.3. The second-order valence-corrected chi connectivity index (χ2v) is 12.3. The number of hydrogen-bond donors (Lipinski definition) is 0. The first-order valence-corrected chi connectivity index (χ1v) is 15.1. The van der Waals surface area contributed by atoms with Crippen LogP contribution < -0.4 is 4.74 Å². The van der Waals surface area contributed by atoms with Gasteiger partial charge in [0.25, 0.3) is 18.1 Å². The summed E-state index contributed by atoms with van der Waals surface area (Å²) in [7, 11) is 1.47. The normalized spacial score (nSPS) is 11.7. The zero-order valence-electron chi connectivity index (χ0n) is 28.0. The van der Waals surface area contributed by atoms with Crippen LogP contribution in [0, 0.1) is 27.7 Å². The Kier molecular flexibility index (Phi) is 10.5. The van der Waals surface area contributed by atoms with Crippen LogP contribution in [0.3, 0.4) is 0 Å². The van der Waals surface area contributed by atoms with Crippen molar-refractivity contribution in [2.24, 2.45) is 0 Å². The molecule has 4 aromatic rings. The maximum atomic E-state index is 14.5. The molecule has 0 aliphatic heterocycles. The molecule has 1 unspecified atom stereocenters. The predicted octanol–water partition coefficient (Wildman–Crippen LogP) is 7.92. The molecule has 0 radical (unpaired) electrons. The van der Waals surface area contributed by atoms with Crippen LogP contribution in [0.5, 0.6) is 5.75 Å². The SMILES string of the molecule is COc1cccc(C(=O)N(C(=O)OC(OC(=O)c2ccccc2)c2ccc(C)cc2)N(C(=O)c2cc(C)cc(C)c2)C(C)(C)C)c1C. The molecule has 0 bridgehead atoms. The van der Waals surface area contributed by atoms with Crippen LogP contribution in [0.2, 0.25) is 0 Å². The first-order valence-electron chi connectivity index (χ1n) is 15.1. The Balaban J connectivity index is 1.86. The third kappa shape index (κ3) is 8.05. The number of amides is 3. The maximum Gasteiger partial charge on any atom is 0.439 e. The minimum atomic E-state index is -1.56. The molecule has 244 valence electrons. The molecule has 0 N–H and O–H groups in total. The van der Waals surface area contributed by atoms with E-state index in [9.17, 15) is 19.2 Å². The van der Waals surface area contributed by atoms with Crippen molar-refractivity contribution in [1.29, 1.82) is 0 Å². The summed E-state index contributed by atoms with van der Waals surface area (Å²) in [5, 5.41) is 1.76. The van der Waals surface area contributed by atoms with Gasteiger partial charge < -0.3 is 14.2 Å². The molecule has 0 fully saturated rings. The van der Waals surface area contributed by atoms with E-state index >= 15 is 0 Å². The first kappa shape index (κ1) is 34.4. The second kappa shape index (κ2) is 14.3. The fourth-order valence-electron chi connectivity index (χ4n) is 5.12. The molecule has 9 nitrogen and oxygen atoms in total. The summed E-state index contributed by atoms with van der Waals surface area (Å²) in [4.78, 5) is 56.5. The predicted molar refractivity (Wildman–Crippen MR) is 178 cm³/mol. The van der Waals surface area contributed by atoms with Gasteiger partial charge >= 0.3 is 12.1 Å². The van der Waals surface area contributed by atoms with Crippen LogP contribution in [-0.2, 0) is 9.47 Å². The number of carbonyl (C=O) groups is 4. The number of benzene rings is 4. The fourth-order valence-corrected chi connectivity index (χ4v) is 5.12. The first-order chi connectivity index (χ1) is 22.2. The third-order valence-electron chi connectivity index (χ3n) is 7.38. The third-order valence-corrected chi connectivity index (χ3v) is 7.38. The topological polar surface area (TPSA) is 102 Å². The molecular weight excluding hydrogens is 596 g/mol. The lowest BCUT2D eigenvalue weighted by atomic mass is 10.0. The van der Waals surface area contributed by atoms with Gasteiger partial charge in [-0.3, -0.25) is 9.59 Å². The van der Waals surface area contributed by atoms with Crippen LogP contribution in [0.15, 0.2) is 91.0 Å². The number of aryl methyl sites for hydroxylation is 3. The van der Waals surface area contributed by atoms with E-state index in [1.807, 2.05) is 26.8 Å². The monoisotopic (exact) mass is 636 g/mol. The number of hydrazine groups is 1. The smallest absolute Gasteiger partial charge is 0.439 e. The molecular formula is C38H40N2O7. The highest BCUT2D eigenvalue weighted by molar-refractivity contribution is 6.07. The second-order valence-electron chi connectivity index (χ2n) is 12.3. The van der Waals surface area contributed by atoms with E-state index < -0.39 is 35.7 Å². The van der Waals surface area contributed by atoms with Crippen molar-refractivity contribution < 1.29 is 33.4 Å². The quantitative estimate of drug-likeness (QED) is 0.115. The summed E-state index contributed by atoms with van der Waals surface area (Å²) < 4.78 is 17.0. The maximum absolute atomic E-state index is 14.5. The van der Waals surface area contributed by atoms with E-state index in [0.717, 1.165) is 21.7 Å². The van der Waals surface area contributed by atoms with E-state index in [1.165, 1.54) is 13.2 Å². The molecule has 1 atom stereocenters. The zero-order chi connectivity index (χ0) is 34.5. The van der Waals surface area contributed by atoms with Gasteiger partial charge in [0.15, 0.2) is 0 Å². The molecule has 0 aromatic heterocycles. The highest BCUT2D eigenvalue weighted by Crippen LogP contribution is 2.30. The fraction of sp³-hybridized carbons (Fsp3) is 0.263. The van der Waals surface area contributed by atoms with Crippen LogP contribution >= 0.6 is 0 Å². The van der Waals surface area contributed by atoms with E-state index in [2.05, 4.69) is 0 Å². The molecule has 47 heavy (non-hydrogen) atoms. The lowest BCUT2D eigenvalue weighted by Gasteiger charge is -2.42. The largest absolute Gasteiger partial charge is 0.496 e. The molecule has 0 heterocycles. The van der Waals surface area contributed by atoms with Gasteiger partial charge in [-0.1, -0.05) is 71.3 Å². The van der Waals surface area contributed by atoms with Gasteiger partial charge in [-0.15, -0.1) is 5.01 Å².